The van der Waals surface area contributed by atoms with Crippen LogP contribution in [-0.2, 0) is 17.7 Å². The summed E-state index contributed by atoms with van der Waals surface area (Å²) < 4.78 is 7.29. The van der Waals surface area contributed by atoms with Crippen molar-refractivity contribution in [2.75, 3.05) is 19.6 Å². The van der Waals surface area contributed by atoms with Crippen LogP contribution in [0.15, 0.2) is 12.3 Å². The second-order valence-corrected chi connectivity index (χ2v) is 5.41. The van der Waals surface area contributed by atoms with Crippen molar-refractivity contribution in [2.24, 2.45) is 0 Å². The van der Waals surface area contributed by atoms with Gasteiger partial charge in [0.05, 0.1) is 0 Å². The number of alkyl halides is 1. The molecular weight excluding hydrogens is 274 g/mol. The van der Waals surface area contributed by atoms with Gasteiger partial charge in [-0.2, -0.15) is 0 Å². The third-order valence-corrected chi connectivity index (χ3v) is 3.54. The van der Waals surface area contributed by atoms with E-state index in [1.165, 1.54) is 0 Å². The summed E-state index contributed by atoms with van der Waals surface area (Å²) in [5.41, 5.74) is 3.09. The van der Waals surface area contributed by atoms with Crippen molar-refractivity contribution in [3.05, 3.63) is 23.7 Å². The Labute approximate surface area is 125 Å². The number of methoxy groups -OCH3 is 1. The van der Waals surface area contributed by atoms with Crippen molar-refractivity contribution in [1.29, 1.82) is 0 Å². The maximum Gasteiger partial charge on any atom is 0.160 e. The first-order valence-corrected chi connectivity index (χ1v) is 7.66. The van der Waals surface area contributed by atoms with Gasteiger partial charge in [0.15, 0.2) is 5.65 Å². The van der Waals surface area contributed by atoms with Crippen LogP contribution in [0.3, 0.4) is 0 Å². The Morgan fingerprint density at radius 3 is 2.90 bits per heavy atom. The Morgan fingerprint density at radius 1 is 1.30 bits per heavy atom. The first-order valence-electron chi connectivity index (χ1n) is 7.13. The molecule has 0 amide bonds. The van der Waals surface area contributed by atoms with Gasteiger partial charge in [0.1, 0.15) is 11.3 Å². The van der Waals surface area contributed by atoms with Gasteiger partial charge in [0.2, 0.25) is 0 Å². The molecule has 4 nitrogen and oxygen atoms in total. The van der Waals surface area contributed by atoms with Gasteiger partial charge in [-0.05, 0) is 37.8 Å². The molecule has 0 atom stereocenters. The van der Waals surface area contributed by atoms with E-state index >= 15 is 0 Å². The molecule has 2 aromatic heterocycles. The molecule has 2 heterocycles. The lowest BCUT2D eigenvalue weighted by Crippen LogP contribution is -2.06. The number of fused-ring (bicyclic) bond motifs is 1. The molecule has 0 N–H and O–H groups in total. The molecule has 0 radical (unpaired) electrons. The number of nitrogens with zero attached hydrogens (tertiary/aromatic N) is 3. The van der Waals surface area contributed by atoms with Crippen LogP contribution in [0.5, 0.6) is 0 Å². The summed E-state index contributed by atoms with van der Waals surface area (Å²) in [6.45, 7) is 3.82. The molecule has 0 spiro atoms. The third-order valence-electron chi connectivity index (χ3n) is 3.35. The molecule has 20 heavy (non-hydrogen) atoms. The third kappa shape index (κ3) is 3.70. The van der Waals surface area contributed by atoms with Gasteiger partial charge in [0, 0.05) is 38.8 Å². The molecule has 0 aliphatic carbocycles. The number of ether oxygens (including phenoxy) is 1. The number of aromatic nitrogens is 3. The highest BCUT2D eigenvalue weighted by atomic mass is 35.5. The van der Waals surface area contributed by atoms with Crippen LogP contribution in [-0.4, -0.2) is 34.1 Å². The predicted molar refractivity (Wildman–Crippen MR) is 82.4 cm³/mol. The normalized spacial score (nSPS) is 11.3. The number of rotatable bonds is 8. The fourth-order valence-corrected chi connectivity index (χ4v) is 2.53. The summed E-state index contributed by atoms with van der Waals surface area (Å²) in [6.07, 6.45) is 6.05. The van der Waals surface area contributed by atoms with E-state index in [4.69, 9.17) is 16.3 Å². The van der Waals surface area contributed by atoms with E-state index in [2.05, 4.69) is 20.6 Å². The lowest BCUT2D eigenvalue weighted by atomic mass is 10.2. The van der Waals surface area contributed by atoms with Gasteiger partial charge >= 0.3 is 0 Å². The maximum absolute atomic E-state index is 5.88. The molecule has 0 aliphatic heterocycles. The van der Waals surface area contributed by atoms with Gasteiger partial charge < -0.3 is 9.30 Å². The van der Waals surface area contributed by atoms with Crippen LogP contribution in [0.25, 0.3) is 11.2 Å². The highest BCUT2D eigenvalue weighted by Gasteiger charge is 2.11. The number of hydrogen-bond acceptors (Lipinski definition) is 3. The zero-order valence-corrected chi connectivity index (χ0v) is 13.0. The quantitative estimate of drug-likeness (QED) is 0.554. The summed E-state index contributed by atoms with van der Waals surface area (Å²) in [7, 11) is 1.74. The van der Waals surface area contributed by atoms with Gasteiger partial charge in [-0.15, -0.1) is 11.6 Å². The average Bonchev–Trinajstić information content (AvgIpc) is 2.76. The number of unbranched alkanes of at least 4 members (excludes halogenated alkanes) is 2. The van der Waals surface area contributed by atoms with Crippen LogP contribution in [0.2, 0.25) is 0 Å². The van der Waals surface area contributed by atoms with Crippen molar-refractivity contribution >= 4 is 22.8 Å². The van der Waals surface area contributed by atoms with Crippen molar-refractivity contribution < 1.29 is 4.74 Å². The van der Waals surface area contributed by atoms with Crippen molar-refractivity contribution in [3.8, 4) is 0 Å². The summed E-state index contributed by atoms with van der Waals surface area (Å²) in [5, 5.41) is 0. The second-order valence-electron chi connectivity index (χ2n) is 5.03. The lowest BCUT2D eigenvalue weighted by Gasteiger charge is -2.07. The Kier molecular flexibility index (Phi) is 5.80. The van der Waals surface area contributed by atoms with Gasteiger partial charge in [-0.3, -0.25) is 0 Å². The van der Waals surface area contributed by atoms with E-state index in [0.717, 1.165) is 61.4 Å². The first kappa shape index (κ1) is 15.3. The number of halogens is 1. The standard InChI is InChI=1S/C15H22ClN3O/c1-12-10-13-15(17-11-12)19(14(18-13)6-7-16)8-4-3-5-9-20-2/h10-11H,3-9H2,1-2H3. The molecule has 2 aromatic rings. The van der Waals surface area contributed by atoms with E-state index in [0.29, 0.717) is 5.88 Å². The largest absolute Gasteiger partial charge is 0.385 e. The molecule has 2 rings (SSSR count). The Bertz CT molecular complexity index is 553. The average molecular weight is 296 g/mol. The zero-order valence-electron chi connectivity index (χ0n) is 12.2. The topological polar surface area (TPSA) is 39.9 Å². The van der Waals surface area contributed by atoms with Crippen molar-refractivity contribution in [2.45, 2.75) is 39.2 Å². The van der Waals surface area contributed by atoms with Crippen LogP contribution < -0.4 is 0 Å². The summed E-state index contributed by atoms with van der Waals surface area (Å²) in [5.74, 6) is 1.63. The van der Waals surface area contributed by atoms with E-state index in [9.17, 15) is 0 Å². The summed E-state index contributed by atoms with van der Waals surface area (Å²) in [4.78, 5) is 9.20. The van der Waals surface area contributed by atoms with Gasteiger partial charge in [0.25, 0.3) is 0 Å². The van der Waals surface area contributed by atoms with Gasteiger partial charge in [-0.1, -0.05) is 0 Å². The molecule has 0 aliphatic rings. The molecular formula is C15H22ClN3O. The minimum absolute atomic E-state index is 0.589. The lowest BCUT2D eigenvalue weighted by molar-refractivity contribution is 0.191. The maximum atomic E-state index is 5.88. The predicted octanol–water partition coefficient (Wildman–Crippen LogP) is 3.34. The molecule has 110 valence electrons. The van der Waals surface area contributed by atoms with E-state index in [1.54, 1.807) is 7.11 Å². The SMILES string of the molecule is COCCCCCn1c(CCCl)nc2cc(C)cnc21. The number of aryl methyl sites for hydroxylation is 3. The van der Waals surface area contributed by atoms with Gasteiger partial charge in [-0.25, -0.2) is 9.97 Å². The Balaban J connectivity index is 2.13. The molecule has 0 fully saturated rings. The van der Waals surface area contributed by atoms with Crippen LogP contribution in [0, 0.1) is 6.92 Å². The number of pyridine rings is 1. The number of hydrogen-bond donors (Lipinski definition) is 0. The minimum Gasteiger partial charge on any atom is -0.385 e. The van der Waals surface area contributed by atoms with E-state index in [-0.39, 0.29) is 0 Å². The highest BCUT2D eigenvalue weighted by Crippen LogP contribution is 2.17. The molecule has 0 saturated heterocycles. The van der Waals surface area contributed by atoms with Crippen LogP contribution in [0.4, 0.5) is 0 Å². The van der Waals surface area contributed by atoms with E-state index < -0.39 is 0 Å². The summed E-state index contributed by atoms with van der Waals surface area (Å²) >= 11 is 5.88. The van der Waals surface area contributed by atoms with Crippen molar-refractivity contribution in [1.82, 2.24) is 14.5 Å². The smallest absolute Gasteiger partial charge is 0.160 e. The monoisotopic (exact) mass is 295 g/mol. The van der Waals surface area contributed by atoms with Crippen LogP contribution >= 0.6 is 11.6 Å². The Morgan fingerprint density at radius 2 is 2.15 bits per heavy atom. The fraction of sp³-hybridized carbons (Fsp3) is 0.600. The van der Waals surface area contributed by atoms with E-state index in [1.807, 2.05) is 13.1 Å². The second kappa shape index (κ2) is 7.60. The first-order chi connectivity index (χ1) is 9.76. The molecule has 5 heteroatoms. The Hall–Kier alpha value is -1.13. The molecule has 0 aromatic carbocycles. The number of imidazole rings is 1. The van der Waals surface area contributed by atoms with Crippen LogP contribution in [0.1, 0.15) is 30.7 Å². The summed E-state index contributed by atoms with van der Waals surface area (Å²) in [6, 6.07) is 2.08. The molecule has 0 saturated carbocycles. The minimum atomic E-state index is 0.589. The highest BCUT2D eigenvalue weighted by molar-refractivity contribution is 6.17. The molecule has 0 unspecified atom stereocenters. The zero-order chi connectivity index (χ0) is 14.4. The fourth-order valence-electron chi connectivity index (χ4n) is 2.36. The van der Waals surface area contributed by atoms with Crippen molar-refractivity contribution in [3.63, 3.8) is 0 Å². The molecule has 0 bridgehead atoms.